The predicted octanol–water partition coefficient (Wildman–Crippen LogP) is 2.06. The molecular weight excluding hydrogens is 333 g/mol. The van der Waals surface area contributed by atoms with E-state index in [1.807, 2.05) is 0 Å². The number of methoxy groups -OCH3 is 2. The summed E-state index contributed by atoms with van der Waals surface area (Å²) < 4.78 is 27.5. The fraction of sp³-hybridized carbons (Fsp3) is 0.471. The first-order valence-electron chi connectivity index (χ1n) is 7.73. The molecule has 7 nitrogen and oxygen atoms in total. The number of rotatable bonds is 11. The zero-order chi connectivity index (χ0) is 18.7. The van der Waals surface area contributed by atoms with Gasteiger partial charge in [0, 0.05) is 26.3 Å². The number of hydrogen-bond acceptors (Lipinski definition) is 6. The smallest absolute Gasteiger partial charge is 0.315 e. The maximum Gasteiger partial charge on any atom is 0.315 e. The molecule has 0 spiro atoms. The van der Waals surface area contributed by atoms with Gasteiger partial charge in [0.25, 0.3) is 0 Å². The number of ether oxygens (including phenoxy) is 3. The lowest BCUT2D eigenvalue weighted by atomic mass is 10.1. The Bertz CT molecular complexity index is 571. The van der Waals surface area contributed by atoms with Crippen molar-refractivity contribution in [2.75, 3.05) is 26.1 Å². The van der Waals surface area contributed by atoms with Crippen molar-refractivity contribution in [3.05, 3.63) is 30.1 Å². The molecule has 1 rings (SSSR count). The van der Waals surface area contributed by atoms with E-state index in [2.05, 4.69) is 5.32 Å². The van der Waals surface area contributed by atoms with Gasteiger partial charge in [0.05, 0.1) is 13.0 Å². The van der Waals surface area contributed by atoms with E-state index >= 15 is 0 Å². The molecule has 1 aromatic carbocycles. The second-order valence-electron chi connectivity index (χ2n) is 5.20. The molecule has 0 saturated heterocycles. The van der Waals surface area contributed by atoms with Gasteiger partial charge in [-0.2, -0.15) is 0 Å². The highest BCUT2D eigenvalue weighted by Gasteiger charge is 2.13. The van der Waals surface area contributed by atoms with Gasteiger partial charge in [-0.25, -0.2) is 4.39 Å². The van der Waals surface area contributed by atoms with E-state index in [1.54, 1.807) is 0 Å². The lowest BCUT2D eigenvalue weighted by Gasteiger charge is -2.12. The van der Waals surface area contributed by atoms with Crippen LogP contribution < -0.4 is 5.32 Å². The SMILES string of the molecule is COC(CC(=O)CCCOC(=O)CC(=O)Nc1ccc(F)cc1)OC. The molecule has 0 radical (unpaired) electrons. The van der Waals surface area contributed by atoms with Gasteiger partial charge >= 0.3 is 5.97 Å². The van der Waals surface area contributed by atoms with Gasteiger partial charge in [-0.15, -0.1) is 0 Å². The summed E-state index contributed by atoms with van der Waals surface area (Å²) in [5.74, 6) is -1.75. The van der Waals surface area contributed by atoms with Gasteiger partial charge in [0.15, 0.2) is 6.29 Å². The molecule has 138 valence electrons. The first-order valence-corrected chi connectivity index (χ1v) is 7.73. The molecule has 0 heterocycles. The van der Waals surface area contributed by atoms with Crippen LogP contribution in [0.5, 0.6) is 0 Å². The quantitative estimate of drug-likeness (QED) is 0.283. The first-order chi connectivity index (χ1) is 11.9. The first kappa shape index (κ1) is 20.7. The Kier molecular flexibility index (Phi) is 9.34. The molecule has 0 aliphatic rings. The fourth-order valence-electron chi connectivity index (χ4n) is 1.93. The monoisotopic (exact) mass is 355 g/mol. The van der Waals surface area contributed by atoms with Crippen LogP contribution in [0.3, 0.4) is 0 Å². The number of halogens is 1. The average Bonchev–Trinajstić information content (AvgIpc) is 2.58. The molecule has 0 saturated carbocycles. The van der Waals surface area contributed by atoms with Crippen LogP contribution in [0.25, 0.3) is 0 Å². The number of hydrogen-bond donors (Lipinski definition) is 1. The number of carbonyl (C=O) groups excluding carboxylic acids is 3. The van der Waals surface area contributed by atoms with Crippen molar-refractivity contribution < 1.29 is 33.0 Å². The van der Waals surface area contributed by atoms with E-state index in [1.165, 1.54) is 38.5 Å². The lowest BCUT2D eigenvalue weighted by Crippen LogP contribution is -2.19. The third-order valence-corrected chi connectivity index (χ3v) is 3.22. The summed E-state index contributed by atoms with van der Waals surface area (Å²) in [4.78, 5) is 34.8. The van der Waals surface area contributed by atoms with Crippen LogP contribution in [0, 0.1) is 5.82 Å². The molecule has 0 fully saturated rings. The lowest BCUT2D eigenvalue weighted by molar-refractivity contribution is -0.146. The van der Waals surface area contributed by atoms with Crippen LogP contribution in [0.1, 0.15) is 25.7 Å². The predicted molar refractivity (Wildman–Crippen MR) is 87.3 cm³/mol. The zero-order valence-electron chi connectivity index (χ0n) is 14.2. The molecule has 0 aromatic heterocycles. The Morgan fingerprint density at radius 2 is 1.76 bits per heavy atom. The van der Waals surface area contributed by atoms with Crippen LogP contribution in [0.2, 0.25) is 0 Å². The summed E-state index contributed by atoms with van der Waals surface area (Å²) in [5, 5.41) is 2.45. The minimum Gasteiger partial charge on any atom is -0.465 e. The minimum absolute atomic E-state index is 0.0407. The van der Waals surface area contributed by atoms with E-state index in [-0.39, 0.29) is 25.2 Å². The van der Waals surface area contributed by atoms with E-state index in [0.29, 0.717) is 12.1 Å². The van der Waals surface area contributed by atoms with Crippen molar-refractivity contribution in [3.63, 3.8) is 0 Å². The number of amides is 1. The topological polar surface area (TPSA) is 90.9 Å². The summed E-state index contributed by atoms with van der Waals surface area (Å²) in [6.07, 6.45) is -0.338. The van der Waals surface area contributed by atoms with Crippen molar-refractivity contribution in [3.8, 4) is 0 Å². The molecule has 25 heavy (non-hydrogen) atoms. The second kappa shape index (κ2) is 11.3. The second-order valence-corrected chi connectivity index (χ2v) is 5.20. The normalized spacial score (nSPS) is 10.6. The maximum absolute atomic E-state index is 12.7. The van der Waals surface area contributed by atoms with Crippen molar-refractivity contribution in [1.82, 2.24) is 0 Å². The molecule has 1 N–H and O–H groups in total. The van der Waals surface area contributed by atoms with E-state index in [4.69, 9.17) is 14.2 Å². The van der Waals surface area contributed by atoms with Crippen molar-refractivity contribution >= 4 is 23.3 Å². The summed E-state index contributed by atoms with van der Waals surface area (Å²) in [5.41, 5.74) is 0.385. The highest BCUT2D eigenvalue weighted by Crippen LogP contribution is 2.09. The zero-order valence-corrected chi connectivity index (χ0v) is 14.2. The summed E-state index contributed by atoms with van der Waals surface area (Å²) in [6.45, 7) is 0.0407. The van der Waals surface area contributed by atoms with Crippen molar-refractivity contribution in [2.24, 2.45) is 0 Å². The van der Waals surface area contributed by atoms with Crippen LogP contribution in [0.15, 0.2) is 24.3 Å². The summed E-state index contributed by atoms with van der Waals surface area (Å²) in [6, 6.07) is 5.17. The molecular formula is C17H22FNO6. The summed E-state index contributed by atoms with van der Waals surface area (Å²) >= 11 is 0. The number of Topliss-reactive ketones (excluding diaryl/α,β-unsaturated/α-hetero) is 1. The molecule has 0 atom stereocenters. The van der Waals surface area contributed by atoms with Gasteiger partial charge < -0.3 is 19.5 Å². The third kappa shape index (κ3) is 8.92. The number of anilines is 1. The van der Waals surface area contributed by atoms with Crippen LogP contribution in [0.4, 0.5) is 10.1 Å². The van der Waals surface area contributed by atoms with E-state index in [9.17, 15) is 18.8 Å². The molecule has 0 bridgehead atoms. The van der Waals surface area contributed by atoms with Gasteiger partial charge in [-0.3, -0.25) is 14.4 Å². The standard InChI is InChI=1S/C17H22FNO6/c1-23-17(24-2)10-14(20)4-3-9-25-16(22)11-15(21)19-13-7-5-12(18)6-8-13/h5-8,17H,3-4,9-11H2,1-2H3,(H,19,21). The van der Waals surface area contributed by atoms with Gasteiger partial charge in [0.1, 0.15) is 18.0 Å². The van der Waals surface area contributed by atoms with E-state index < -0.39 is 30.4 Å². The molecule has 1 aromatic rings. The van der Waals surface area contributed by atoms with Crippen LogP contribution >= 0.6 is 0 Å². The molecule has 0 aliphatic carbocycles. The highest BCUT2D eigenvalue weighted by molar-refractivity contribution is 6.01. The number of ketones is 1. The number of carbonyl (C=O) groups is 3. The third-order valence-electron chi connectivity index (χ3n) is 3.22. The Hall–Kier alpha value is -2.32. The molecule has 1 amide bonds. The number of esters is 1. The minimum atomic E-state index is -0.696. The Morgan fingerprint density at radius 3 is 2.36 bits per heavy atom. The van der Waals surface area contributed by atoms with Gasteiger partial charge in [-0.1, -0.05) is 0 Å². The Balaban J connectivity index is 2.18. The average molecular weight is 355 g/mol. The molecule has 8 heteroatoms. The van der Waals surface area contributed by atoms with Crippen LogP contribution in [-0.2, 0) is 28.6 Å². The largest absolute Gasteiger partial charge is 0.465 e. The van der Waals surface area contributed by atoms with E-state index in [0.717, 1.165) is 0 Å². The maximum atomic E-state index is 12.7. The Labute approximate surface area is 145 Å². The van der Waals surface area contributed by atoms with Gasteiger partial charge in [-0.05, 0) is 30.7 Å². The number of nitrogens with one attached hydrogen (secondary N) is 1. The highest BCUT2D eigenvalue weighted by atomic mass is 19.1. The van der Waals surface area contributed by atoms with Crippen LogP contribution in [-0.4, -0.2) is 44.8 Å². The Morgan fingerprint density at radius 1 is 1.12 bits per heavy atom. The molecule has 0 aliphatic heterocycles. The van der Waals surface area contributed by atoms with Crippen molar-refractivity contribution in [1.29, 1.82) is 0 Å². The van der Waals surface area contributed by atoms with Gasteiger partial charge in [0.2, 0.25) is 5.91 Å². The fourth-order valence-corrected chi connectivity index (χ4v) is 1.93. The summed E-state index contributed by atoms with van der Waals surface area (Å²) in [7, 11) is 2.89. The molecule has 0 unspecified atom stereocenters. The number of benzene rings is 1. The van der Waals surface area contributed by atoms with Crippen molar-refractivity contribution in [2.45, 2.75) is 32.0 Å².